The molecule has 0 atom stereocenters. The average molecular weight is 242 g/mol. The second-order valence-corrected chi connectivity index (χ2v) is 4.10. The van der Waals surface area contributed by atoms with E-state index in [9.17, 15) is 4.79 Å². The molecule has 1 aliphatic rings. The number of carbonyl (C=O) groups excluding carboxylic acids is 1. The van der Waals surface area contributed by atoms with Gasteiger partial charge in [0.15, 0.2) is 11.5 Å². The smallest absolute Gasteiger partial charge is 0.187 e. The first-order valence-corrected chi connectivity index (χ1v) is 5.72. The van der Waals surface area contributed by atoms with Gasteiger partial charge in [-0.05, 0) is 6.42 Å². The van der Waals surface area contributed by atoms with Gasteiger partial charge >= 0.3 is 0 Å². The van der Waals surface area contributed by atoms with Gasteiger partial charge in [0, 0.05) is 12.5 Å². The van der Waals surface area contributed by atoms with Crippen LogP contribution in [0.1, 0.15) is 28.9 Å². The summed E-state index contributed by atoms with van der Waals surface area (Å²) >= 11 is 0. The van der Waals surface area contributed by atoms with E-state index in [0.717, 1.165) is 5.69 Å². The van der Waals surface area contributed by atoms with Crippen molar-refractivity contribution in [3.05, 3.63) is 23.5 Å². The summed E-state index contributed by atoms with van der Waals surface area (Å²) in [5.74, 6) is 0.580. The molecule has 2 aromatic rings. The van der Waals surface area contributed by atoms with Gasteiger partial charge in [-0.2, -0.15) is 10.4 Å². The molecule has 2 aromatic heterocycles. The molecule has 0 radical (unpaired) electrons. The van der Waals surface area contributed by atoms with Crippen LogP contribution in [0.4, 0.5) is 0 Å². The maximum Gasteiger partial charge on any atom is 0.187 e. The number of ketones is 1. The molecule has 0 aromatic carbocycles. The monoisotopic (exact) mass is 242 g/mol. The van der Waals surface area contributed by atoms with E-state index < -0.39 is 0 Å². The first-order chi connectivity index (χ1) is 8.81. The van der Waals surface area contributed by atoms with Crippen molar-refractivity contribution in [2.45, 2.75) is 25.8 Å². The van der Waals surface area contributed by atoms with Crippen molar-refractivity contribution in [1.29, 1.82) is 5.26 Å². The normalized spacial score (nSPS) is 13.6. The molecular weight excluding hydrogens is 232 g/mol. The molecule has 0 N–H and O–H groups in total. The third-order valence-corrected chi connectivity index (χ3v) is 3.03. The summed E-state index contributed by atoms with van der Waals surface area (Å²) in [4.78, 5) is 11.9. The maximum atomic E-state index is 11.9. The number of aromatic nitrogens is 3. The second kappa shape index (κ2) is 4.11. The summed E-state index contributed by atoms with van der Waals surface area (Å²) in [5.41, 5.74) is 2.08. The highest BCUT2D eigenvalue weighted by molar-refractivity contribution is 6.04. The van der Waals surface area contributed by atoms with Crippen molar-refractivity contribution < 1.29 is 9.32 Å². The molecule has 0 saturated heterocycles. The van der Waals surface area contributed by atoms with E-state index in [1.807, 2.05) is 0 Å². The Kier molecular flexibility index (Phi) is 2.45. The first-order valence-electron chi connectivity index (χ1n) is 5.72. The van der Waals surface area contributed by atoms with Crippen molar-refractivity contribution in [3.8, 4) is 17.5 Å². The van der Waals surface area contributed by atoms with Gasteiger partial charge in [-0.25, -0.2) is 0 Å². The zero-order valence-electron chi connectivity index (χ0n) is 9.59. The third kappa shape index (κ3) is 1.52. The average Bonchev–Trinajstić information content (AvgIpc) is 3.05. The van der Waals surface area contributed by atoms with Crippen LogP contribution in [0.3, 0.4) is 0 Å². The Morgan fingerprint density at radius 1 is 1.50 bits per heavy atom. The van der Waals surface area contributed by atoms with Gasteiger partial charge in [-0.3, -0.25) is 9.48 Å². The van der Waals surface area contributed by atoms with Crippen LogP contribution < -0.4 is 0 Å². The SMILES string of the molecule is N#CCCn1nc(-c2ccno2)c2c1CCC2=O. The number of fused-ring (bicyclic) bond motifs is 1. The Balaban J connectivity index is 2.10. The molecule has 6 heteroatoms. The topological polar surface area (TPSA) is 84.7 Å². The van der Waals surface area contributed by atoms with E-state index in [4.69, 9.17) is 9.78 Å². The van der Waals surface area contributed by atoms with Gasteiger partial charge in [-0.15, -0.1) is 0 Å². The molecule has 0 amide bonds. The van der Waals surface area contributed by atoms with Gasteiger partial charge in [0.05, 0.1) is 36.5 Å². The summed E-state index contributed by atoms with van der Waals surface area (Å²) < 4.78 is 6.81. The van der Waals surface area contributed by atoms with Crippen molar-refractivity contribution >= 4 is 5.78 Å². The Labute approximate surface area is 103 Å². The molecule has 0 unspecified atom stereocenters. The van der Waals surface area contributed by atoms with Crippen LogP contribution >= 0.6 is 0 Å². The minimum absolute atomic E-state index is 0.0830. The first kappa shape index (κ1) is 10.7. The zero-order chi connectivity index (χ0) is 12.5. The van der Waals surface area contributed by atoms with Crippen LogP contribution in [-0.2, 0) is 13.0 Å². The third-order valence-electron chi connectivity index (χ3n) is 3.03. The lowest BCUT2D eigenvalue weighted by Crippen LogP contribution is -2.03. The number of rotatable bonds is 3. The number of Topliss-reactive ketones (excluding diaryl/α,β-unsaturated/α-hetero) is 1. The molecule has 6 nitrogen and oxygen atoms in total. The number of carbonyl (C=O) groups is 1. The molecule has 0 spiro atoms. The Morgan fingerprint density at radius 2 is 2.39 bits per heavy atom. The molecule has 0 fully saturated rings. The molecule has 3 rings (SSSR count). The predicted molar refractivity (Wildman–Crippen MR) is 60.6 cm³/mol. The van der Waals surface area contributed by atoms with E-state index in [1.165, 1.54) is 6.20 Å². The zero-order valence-corrected chi connectivity index (χ0v) is 9.59. The van der Waals surface area contributed by atoms with Gasteiger partial charge in [-0.1, -0.05) is 5.16 Å². The number of nitriles is 1. The highest BCUT2D eigenvalue weighted by Gasteiger charge is 2.30. The highest BCUT2D eigenvalue weighted by atomic mass is 16.5. The molecule has 0 aliphatic heterocycles. The van der Waals surface area contributed by atoms with Gasteiger partial charge in [0.2, 0.25) is 0 Å². The van der Waals surface area contributed by atoms with E-state index >= 15 is 0 Å². The maximum absolute atomic E-state index is 11.9. The lowest BCUT2D eigenvalue weighted by atomic mass is 10.1. The van der Waals surface area contributed by atoms with Crippen LogP contribution in [0, 0.1) is 11.3 Å². The Hall–Kier alpha value is -2.42. The van der Waals surface area contributed by atoms with Crippen LogP contribution in [0.15, 0.2) is 16.8 Å². The molecule has 2 heterocycles. The van der Waals surface area contributed by atoms with E-state index in [1.54, 1.807) is 10.7 Å². The molecule has 0 bridgehead atoms. The lowest BCUT2D eigenvalue weighted by Gasteiger charge is -2.00. The van der Waals surface area contributed by atoms with E-state index in [-0.39, 0.29) is 5.78 Å². The summed E-state index contributed by atoms with van der Waals surface area (Å²) in [6, 6.07) is 3.76. The molecule has 0 saturated carbocycles. The summed E-state index contributed by atoms with van der Waals surface area (Å²) in [6.07, 6.45) is 3.08. The van der Waals surface area contributed by atoms with Crippen LogP contribution in [-0.4, -0.2) is 20.7 Å². The van der Waals surface area contributed by atoms with Crippen molar-refractivity contribution in [2.75, 3.05) is 0 Å². The van der Waals surface area contributed by atoms with E-state index in [0.29, 0.717) is 42.8 Å². The summed E-state index contributed by atoms with van der Waals surface area (Å²) in [7, 11) is 0. The molecule has 1 aliphatic carbocycles. The minimum Gasteiger partial charge on any atom is -0.355 e. The lowest BCUT2D eigenvalue weighted by molar-refractivity contribution is 0.0994. The van der Waals surface area contributed by atoms with Crippen molar-refractivity contribution in [2.24, 2.45) is 0 Å². The second-order valence-electron chi connectivity index (χ2n) is 4.10. The molecule has 18 heavy (non-hydrogen) atoms. The highest BCUT2D eigenvalue weighted by Crippen LogP contribution is 2.31. The Morgan fingerprint density at radius 3 is 3.11 bits per heavy atom. The van der Waals surface area contributed by atoms with E-state index in [2.05, 4.69) is 16.3 Å². The van der Waals surface area contributed by atoms with Gasteiger partial charge in [0.1, 0.15) is 5.69 Å². The number of aryl methyl sites for hydroxylation is 1. The predicted octanol–water partition coefficient (Wildman–Crippen LogP) is 1.58. The molecular formula is C12H10N4O2. The quantitative estimate of drug-likeness (QED) is 0.815. The van der Waals surface area contributed by atoms with Crippen molar-refractivity contribution in [3.63, 3.8) is 0 Å². The number of nitrogens with zero attached hydrogens (tertiary/aromatic N) is 4. The van der Waals surface area contributed by atoms with Crippen LogP contribution in [0.2, 0.25) is 0 Å². The number of hydrogen-bond donors (Lipinski definition) is 0. The van der Waals surface area contributed by atoms with Crippen LogP contribution in [0.25, 0.3) is 11.5 Å². The summed E-state index contributed by atoms with van der Waals surface area (Å²) in [6.45, 7) is 0.500. The molecule has 90 valence electrons. The van der Waals surface area contributed by atoms with Crippen molar-refractivity contribution in [1.82, 2.24) is 14.9 Å². The minimum atomic E-state index is 0.0830. The van der Waals surface area contributed by atoms with Gasteiger partial charge in [0.25, 0.3) is 0 Å². The number of hydrogen-bond acceptors (Lipinski definition) is 5. The standard InChI is InChI=1S/C12H10N4O2/c13-5-1-7-16-8-2-3-9(17)11(8)12(15-16)10-4-6-14-18-10/h4,6H,1-3,7H2. The fraction of sp³-hybridized carbons (Fsp3) is 0.333. The van der Waals surface area contributed by atoms with Gasteiger partial charge < -0.3 is 4.52 Å². The van der Waals surface area contributed by atoms with Crippen LogP contribution in [0.5, 0.6) is 0 Å². The fourth-order valence-electron chi connectivity index (χ4n) is 2.25. The summed E-state index contributed by atoms with van der Waals surface area (Å²) in [5, 5.41) is 16.6. The largest absolute Gasteiger partial charge is 0.355 e. The Bertz CT molecular complexity index is 634. The fourth-order valence-corrected chi connectivity index (χ4v) is 2.25.